The quantitative estimate of drug-likeness (QED) is 0.781. The molecule has 20 heavy (non-hydrogen) atoms. The summed E-state index contributed by atoms with van der Waals surface area (Å²) in [6.45, 7) is 0. The molecule has 0 aliphatic carbocycles. The van der Waals surface area contributed by atoms with Crippen molar-refractivity contribution in [3.8, 4) is 11.4 Å². The highest BCUT2D eigenvalue weighted by Crippen LogP contribution is 2.29. The molecule has 0 saturated heterocycles. The second-order valence-electron chi connectivity index (χ2n) is 4.07. The maximum absolute atomic E-state index is 14.0. The van der Waals surface area contributed by atoms with Gasteiger partial charge in [-0.05, 0) is 40.2 Å². The highest BCUT2D eigenvalue weighted by molar-refractivity contribution is 9.10. The van der Waals surface area contributed by atoms with Crippen molar-refractivity contribution in [2.24, 2.45) is 0 Å². The number of aromatic carboxylic acids is 1. The van der Waals surface area contributed by atoms with E-state index in [-0.39, 0.29) is 17.0 Å². The average molecular weight is 336 g/mol. The summed E-state index contributed by atoms with van der Waals surface area (Å²) in [5, 5.41) is 16.9. The van der Waals surface area contributed by atoms with E-state index < -0.39 is 11.8 Å². The molecule has 2 aromatic heterocycles. The van der Waals surface area contributed by atoms with Gasteiger partial charge in [-0.3, -0.25) is 4.40 Å². The number of nitrogens with zero attached hydrogens (tertiary/aromatic N) is 3. The van der Waals surface area contributed by atoms with Crippen molar-refractivity contribution in [2.45, 2.75) is 0 Å². The summed E-state index contributed by atoms with van der Waals surface area (Å²) in [7, 11) is 0. The van der Waals surface area contributed by atoms with Gasteiger partial charge >= 0.3 is 5.97 Å². The van der Waals surface area contributed by atoms with Crippen molar-refractivity contribution in [1.29, 1.82) is 0 Å². The van der Waals surface area contributed by atoms with E-state index in [0.29, 0.717) is 10.1 Å². The summed E-state index contributed by atoms with van der Waals surface area (Å²) < 4.78 is 15.9. The van der Waals surface area contributed by atoms with Crippen LogP contribution in [0.3, 0.4) is 0 Å². The number of hydrogen-bond donors (Lipinski definition) is 1. The molecule has 0 bridgehead atoms. The second-order valence-corrected chi connectivity index (χ2v) is 4.93. The monoisotopic (exact) mass is 335 g/mol. The first kappa shape index (κ1) is 12.7. The smallest absolute Gasteiger partial charge is 0.337 e. The lowest BCUT2D eigenvalue weighted by Crippen LogP contribution is -2.00. The molecule has 1 aromatic carbocycles. The molecule has 0 fully saturated rings. The minimum atomic E-state index is -1.07. The van der Waals surface area contributed by atoms with Crippen LogP contribution in [0.15, 0.2) is 41.0 Å². The number of benzene rings is 1. The van der Waals surface area contributed by atoms with Gasteiger partial charge in [0.25, 0.3) is 0 Å². The van der Waals surface area contributed by atoms with Gasteiger partial charge in [-0.25, -0.2) is 9.18 Å². The first-order valence-corrected chi connectivity index (χ1v) is 6.39. The molecule has 100 valence electrons. The third-order valence-electron chi connectivity index (χ3n) is 2.84. The number of halogens is 2. The zero-order chi connectivity index (χ0) is 14.3. The molecule has 0 spiro atoms. The third kappa shape index (κ3) is 1.96. The Hall–Kier alpha value is -2.28. The van der Waals surface area contributed by atoms with Crippen LogP contribution in [-0.2, 0) is 0 Å². The van der Waals surface area contributed by atoms with E-state index in [2.05, 4.69) is 26.1 Å². The molecule has 0 atom stereocenters. The molecule has 0 radical (unpaired) electrons. The van der Waals surface area contributed by atoms with Gasteiger partial charge in [0.05, 0.1) is 11.1 Å². The summed E-state index contributed by atoms with van der Waals surface area (Å²) in [5.41, 5.74) is 0.758. The lowest BCUT2D eigenvalue weighted by molar-refractivity contribution is 0.0696. The Morgan fingerprint density at radius 1 is 1.25 bits per heavy atom. The van der Waals surface area contributed by atoms with Crippen LogP contribution in [0.4, 0.5) is 4.39 Å². The van der Waals surface area contributed by atoms with Gasteiger partial charge in [0.1, 0.15) is 5.82 Å². The number of carboxylic acids is 1. The van der Waals surface area contributed by atoms with Crippen molar-refractivity contribution in [3.63, 3.8) is 0 Å². The first-order valence-electron chi connectivity index (χ1n) is 5.60. The Bertz CT molecular complexity index is 811. The Morgan fingerprint density at radius 2 is 2.05 bits per heavy atom. The number of carbonyl (C=O) groups is 1. The van der Waals surface area contributed by atoms with Crippen LogP contribution < -0.4 is 0 Å². The van der Waals surface area contributed by atoms with E-state index in [4.69, 9.17) is 5.11 Å². The van der Waals surface area contributed by atoms with Crippen LogP contribution in [0.2, 0.25) is 0 Å². The van der Waals surface area contributed by atoms with Crippen LogP contribution in [0, 0.1) is 5.82 Å². The number of rotatable bonds is 2. The van der Waals surface area contributed by atoms with Crippen molar-refractivity contribution in [1.82, 2.24) is 14.6 Å². The van der Waals surface area contributed by atoms with Gasteiger partial charge in [0, 0.05) is 10.7 Å². The summed E-state index contributed by atoms with van der Waals surface area (Å²) in [4.78, 5) is 11.0. The molecule has 0 aliphatic rings. The first-order chi connectivity index (χ1) is 9.58. The third-order valence-corrected chi connectivity index (χ3v) is 3.50. The Labute approximate surface area is 120 Å². The Kier molecular flexibility index (Phi) is 2.98. The minimum Gasteiger partial charge on any atom is -0.478 e. The van der Waals surface area contributed by atoms with Gasteiger partial charge in [-0.1, -0.05) is 6.07 Å². The molecule has 2 heterocycles. The maximum atomic E-state index is 14.0. The molecular weight excluding hydrogens is 329 g/mol. The highest BCUT2D eigenvalue weighted by atomic mass is 79.9. The van der Waals surface area contributed by atoms with Gasteiger partial charge in [0.2, 0.25) is 0 Å². The number of pyridine rings is 1. The fraction of sp³-hybridized carbons (Fsp3) is 0. The molecule has 0 amide bonds. The van der Waals surface area contributed by atoms with Crippen LogP contribution in [-0.4, -0.2) is 25.7 Å². The predicted molar refractivity (Wildman–Crippen MR) is 73.0 cm³/mol. The molecule has 3 rings (SSSR count). The Balaban J connectivity index is 2.31. The van der Waals surface area contributed by atoms with Gasteiger partial charge in [-0.2, -0.15) is 0 Å². The van der Waals surface area contributed by atoms with E-state index in [1.165, 1.54) is 28.8 Å². The number of fused-ring (bicyclic) bond motifs is 1. The Morgan fingerprint density at radius 3 is 2.75 bits per heavy atom. The number of carboxylic acid groups (broad SMARTS) is 1. The van der Waals surface area contributed by atoms with Crippen LogP contribution in [0.5, 0.6) is 0 Å². The largest absolute Gasteiger partial charge is 0.478 e. The van der Waals surface area contributed by atoms with Crippen molar-refractivity contribution in [3.05, 3.63) is 52.4 Å². The standard InChI is InChI=1S/C13H7BrFN3O2/c14-8-2-1-3-9(15)11(8)12-17-16-10-5-4-7(13(19)20)6-18(10)12/h1-6H,(H,19,20). The van der Waals surface area contributed by atoms with Crippen molar-refractivity contribution >= 4 is 27.5 Å². The molecule has 0 unspecified atom stereocenters. The predicted octanol–water partition coefficient (Wildman–Crippen LogP) is 3.00. The molecular formula is C13H7BrFN3O2. The SMILES string of the molecule is O=C(O)c1ccc2nnc(-c3c(F)cccc3Br)n2c1. The van der Waals surface area contributed by atoms with E-state index in [9.17, 15) is 9.18 Å². The van der Waals surface area contributed by atoms with Crippen LogP contribution in [0.1, 0.15) is 10.4 Å². The zero-order valence-electron chi connectivity index (χ0n) is 9.92. The molecule has 0 aliphatic heterocycles. The average Bonchev–Trinajstić information content (AvgIpc) is 2.81. The number of hydrogen-bond acceptors (Lipinski definition) is 3. The van der Waals surface area contributed by atoms with Gasteiger partial charge in [0.15, 0.2) is 11.5 Å². The summed E-state index contributed by atoms with van der Waals surface area (Å²) in [6.07, 6.45) is 1.37. The highest BCUT2D eigenvalue weighted by Gasteiger charge is 2.16. The van der Waals surface area contributed by atoms with Crippen molar-refractivity contribution < 1.29 is 14.3 Å². The number of aromatic nitrogens is 3. The zero-order valence-corrected chi connectivity index (χ0v) is 11.5. The molecule has 7 heteroatoms. The van der Waals surface area contributed by atoms with Gasteiger partial charge < -0.3 is 5.11 Å². The molecule has 3 aromatic rings. The lowest BCUT2D eigenvalue weighted by atomic mass is 10.2. The molecule has 0 saturated carbocycles. The van der Waals surface area contributed by atoms with E-state index in [1.807, 2.05) is 0 Å². The van der Waals surface area contributed by atoms with Gasteiger partial charge in [-0.15, -0.1) is 10.2 Å². The fourth-order valence-electron chi connectivity index (χ4n) is 1.90. The maximum Gasteiger partial charge on any atom is 0.337 e. The molecule has 1 N–H and O–H groups in total. The van der Waals surface area contributed by atoms with E-state index in [1.54, 1.807) is 12.1 Å². The topological polar surface area (TPSA) is 67.5 Å². The summed E-state index contributed by atoms with van der Waals surface area (Å²) >= 11 is 3.26. The molecule has 5 nitrogen and oxygen atoms in total. The lowest BCUT2D eigenvalue weighted by Gasteiger charge is -2.05. The second kappa shape index (κ2) is 4.68. The normalized spacial score (nSPS) is 10.9. The van der Waals surface area contributed by atoms with Crippen LogP contribution in [0.25, 0.3) is 17.0 Å². The van der Waals surface area contributed by atoms with E-state index in [0.717, 1.165) is 0 Å². The van der Waals surface area contributed by atoms with Crippen LogP contribution >= 0.6 is 15.9 Å². The van der Waals surface area contributed by atoms with E-state index >= 15 is 0 Å². The summed E-state index contributed by atoms with van der Waals surface area (Å²) in [6, 6.07) is 7.50. The van der Waals surface area contributed by atoms with Crippen molar-refractivity contribution in [2.75, 3.05) is 0 Å². The minimum absolute atomic E-state index is 0.0750. The summed E-state index contributed by atoms with van der Waals surface area (Å²) in [5.74, 6) is -1.29. The fourth-order valence-corrected chi connectivity index (χ4v) is 2.42.